The summed E-state index contributed by atoms with van der Waals surface area (Å²) in [5.41, 5.74) is 1.15. The number of rotatable bonds is 10. The van der Waals surface area contributed by atoms with Gasteiger partial charge >= 0.3 is 0 Å². The zero-order valence-corrected chi connectivity index (χ0v) is 14.1. The molecule has 0 fully saturated rings. The second-order valence-corrected chi connectivity index (χ2v) is 7.64. The van der Waals surface area contributed by atoms with Crippen LogP contribution in [0.15, 0.2) is 28.6 Å². The molecule has 0 unspecified atom stereocenters. The highest BCUT2D eigenvalue weighted by Crippen LogP contribution is 2.29. The molecule has 1 aromatic carbocycles. The Kier molecular flexibility index (Phi) is 7.45. The first-order valence-electron chi connectivity index (χ1n) is 7.88. The maximum absolute atomic E-state index is 4.66. The SMILES string of the molecule is CCCCCCCCCCSc1nc2ccccc2s1. The number of unbranched alkanes of at least 4 members (excludes halogenated alkanes) is 7. The van der Waals surface area contributed by atoms with Gasteiger partial charge in [0.2, 0.25) is 0 Å². The molecule has 1 aromatic heterocycles. The third kappa shape index (κ3) is 5.45. The largest absolute Gasteiger partial charge is 0.230 e. The molecule has 3 heteroatoms. The number of thiazole rings is 1. The van der Waals surface area contributed by atoms with E-state index in [2.05, 4.69) is 36.2 Å². The topological polar surface area (TPSA) is 12.9 Å². The third-order valence-electron chi connectivity index (χ3n) is 3.50. The van der Waals surface area contributed by atoms with E-state index in [-0.39, 0.29) is 0 Å². The molecular weight excluding hydrogens is 282 g/mol. The molecule has 1 nitrogen and oxygen atoms in total. The van der Waals surface area contributed by atoms with E-state index < -0.39 is 0 Å². The molecule has 0 aliphatic carbocycles. The fraction of sp³-hybridized carbons (Fsp3) is 0.588. The van der Waals surface area contributed by atoms with Gasteiger partial charge in [-0.1, -0.05) is 75.8 Å². The molecule has 0 aliphatic heterocycles. The monoisotopic (exact) mass is 307 g/mol. The van der Waals surface area contributed by atoms with Crippen molar-refractivity contribution in [2.75, 3.05) is 5.75 Å². The van der Waals surface area contributed by atoms with Crippen molar-refractivity contribution in [1.82, 2.24) is 4.98 Å². The molecule has 0 radical (unpaired) electrons. The van der Waals surface area contributed by atoms with E-state index in [1.165, 1.54) is 66.2 Å². The summed E-state index contributed by atoms with van der Waals surface area (Å²) in [6.07, 6.45) is 11.1. The van der Waals surface area contributed by atoms with Crippen LogP contribution in [-0.4, -0.2) is 10.7 Å². The number of hydrogen-bond donors (Lipinski definition) is 0. The zero-order chi connectivity index (χ0) is 14.0. The zero-order valence-electron chi connectivity index (χ0n) is 12.4. The second kappa shape index (κ2) is 9.41. The first-order valence-corrected chi connectivity index (χ1v) is 9.68. The van der Waals surface area contributed by atoms with Gasteiger partial charge in [-0.2, -0.15) is 0 Å². The smallest absolute Gasteiger partial charge is 0.151 e. The molecule has 0 aliphatic rings. The van der Waals surface area contributed by atoms with Crippen LogP contribution in [0.2, 0.25) is 0 Å². The van der Waals surface area contributed by atoms with Crippen molar-refractivity contribution in [3.8, 4) is 0 Å². The summed E-state index contributed by atoms with van der Waals surface area (Å²) in [6, 6.07) is 8.42. The Labute approximate surface area is 131 Å². The Morgan fingerprint density at radius 2 is 1.65 bits per heavy atom. The minimum absolute atomic E-state index is 1.15. The molecule has 0 bridgehead atoms. The standard InChI is InChI=1S/C17H25NS2/c1-2-3-4-5-6-7-8-11-14-19-17-18-15-12-9-10-13-16(15)20-17/h9-10,12-13H,2-8,11,14H2,1H3. The van der Waals surface area contributed by atoms with Crippen molar-refractivity contribution in [2.24, 2.45) is 0 Å². The number of para-hydroxylation sites is 1. The van der Waals surface area contributed by atoms with Crippen LogP contribution in [0.4, 0.5) is 0 Å². The van der Waals surface area contributed by atoms with E-state index in [1.54, 1.807) is 0 Å². The highest BCUT2D eigenvalue weighted by molar-refractivity contribution is 8.01. The summed E-state index contributed by atoms with van der Waals surface area (Å²) in [6.45, 7) is 2.28. The summed E-state index contributed by atoms with van der Waals surface area (Å²) in [5.74, 6) is 1.22. The summed E-state index contributed by atoms with van der Waals surface area (Å²) in [5, 5.41) is 0. The number of fused-ring (bicyclic) bond motifs is 1. The van der Waals surface area contributed by atoms with Crippen molar-refractivity contribution in [3.63, 3.8) is 0 Å². The van der Waals surface area contributed by atoms with E-state index in [0.717, 1.165) is 5.52 Å². The van der Waals surface area contributed by atoms with Gasteiger partial charge in [0.05, 0.1) is 10.2 Å². The van der Waals surface area contributed by atoms with Crippen LogP contribution in [0, 0.1) is 0 Å². The molecule has 0 amide bonds. The maximum Gasteiger partial charge on any atom is 0.151 e. The van der Waals surface area contributed by atoms with Crippen molar-refractivity contribution in [3.05, 3.63) is 24.3 Å². The Morgan fingerprint density at radius 1 is 0.950 bits per heavy atom. The Bertz CT molecular complexity index is 459. The predicted octanol–water partition coefficient (Wildman–Crippen LogP) is 6.53. The van der Waals surface area contributed by atoms with E-state index in [0.29, 0.717) is 0 Å². The summed E-state index contributed by atoms with van der Waals surface area (Å²) < 4.78 is 2.54. The molecule has 0 spiro atoms. The average Bonchev–Trinajstić information content (AvgIpc) is 2.88. The van der Waals surface area contributed by atoms with E-state index >= 15 is 0 Å². The summed E-state index contributed by atoms with van der Waals surface area (Å²) in [7, 11) is 0. The van der Waals surface area contributed by atoms with E-state index in [4.69, 9.17) is 0 Å². The predicted molar refractivity (Wildman–Crippen MR) is 93.0 cm³/mol. The van der Waals surface area contributed by atoms with Crippen LogP contribution in [0.1, 0.15) is 58.3 Å². The fourth-order valence-electron chi connectivity index (χ4n) is 2.31. The normalized spacial score (nSPS) is 11.2. The van der Waals surface area contributed by atoms with Crippen molar-refractivity contribution < 1.29 is 0 Å². The minimum atomic E-state index is 1.15. The molecule has 20 heavy (non-hydrogen) atoms. The van der Waals surface area contributed by atoms with Crippen LogP contribution in [0.25, 0.3) is 10.2 Å². The lowest BCUT2D eigenvalue weighted by molar-refractivity contribution is 0.586. The van der Waals surface area contributed by atoms with Crippen molar-refractivity contribution >= 4 is 33.3 Å². The summed E-state index contributed by atoms with van der Waals surface area (Å²) in [4.78, 5) is 4.66. The van der Waals surface area contributed by atoms with Gasteiger partial charge in [0, 0.05) is 5.75 Å². The van der Waals surface area contributed by atoms with Gasteiger partial charge in [-0.3, -0.25) is 0 Å². The maximum atomic E-state index is 4.66. The number of aromatic nitrogens is 1. The molecule has 2 rings (SSSR count). The van der Waals surface area contributed by atoms with Gasteiger partial charge in [-0.25, -0.2) is 4.98 Å². The fourth-order valence-corrected chi connectivity index (χ4v) is 4.45. The Morgan fingerprint density at radius 3 is 2.40 bits per heavy atom. The molecule has 2 aromatic rings. The Hall–Kier alpha value is -0.540. The van der Waals surface area contributed by atoms with Crippen LogP contribution >= 0.6 is 23.1 Å². The highest BCUT2D eigenvalue weighted by atomic mass is 32.2. The molecule has 0 saturated carbocycles. The van der Waals surface area contributed by atoms with E-state index in [1.807, 2.05) is 23.1 Å². The molecule has 110 valence electrons. The number of hydrogen-bond acceptors (Lipinski definition) is 3. The second-order valence-electron chi connectivity index (χ2n) is 5.27. The first kappa shape index (κ1) is 15.8. The molecule has 1 heterocycles. The highest BCUT2D eigenvalue weighted by Gasteiger charge is 2.03. The third-order valence-corrected chi connectivity index (χ3v) is 5.76. The number of benzene rings is 1. The van der Waals surface area contributed by atoms with Gasteiger partial charge in [-0.05, 0) is 18.6 Å². The lowest BCUT2D eigenvalue weighted by Gasteiger charge is -2.00. The minimum Gasteiger partial charge on any atom is -0.230 e. The summed E-state index contributed by atoms with van der Waals surface area (Å²) >= 11 is 3.75. The lowest BCUT2D eigenvalue weighted by Crippen LogP contribution is -1.83. The quantitative estimate of drug-likeness (QED) is 0.365. The van der Waals surface area contributed by atoms with Crippen LogP contribution in [-0.2, 0) is 0 Å². The van der Waals surface area contributed by atoms with Crippen LogP contribution in [0.3, 0.4) is 0 Å². The van der Waals surface area contributed by atoms with Gasteiger partial charge in [0.25, 0.3) is 0 Å². The first-order chi connectivity index (χ1) is 9.90. The van der Waals surface area contributed by atoms with E-state index in [9.17, 15) is 0 Å². The number of thioether (sulfide) groups is 1. The van der Waals surface area contributed by atoms with Gasteiger partial charge in [0.15, 0.2) is 4.34 Å². The van der Waals surface area contributed by atoms with Crippen molar-refractivity contribution in [2.45, 2.75) is 62.6 Å². The molecule has 0 saturated heterocycles. The van der Waals surface area contributed by atoms with Crippen molar-refractivity contribution in [1.29, 1.82) is 0 Å². The molecule has 0 atom stereocenters. The molecule has 0 N–H and O–H groups in total. The van der Waals surface area contributed by atoms with Gasteiger partial charge in [-0.15, -0.1) is 11.3 Å². The van der Waals surface area contributed by atoms with Crippen LogP contribution < -0.4 is 0 Å². The molecular formula is C17H25NS2. The van der Waals surface area contributed by atoms with Gasteiger partial charge < -0.3 is 0 Å². The van der Waals surface area contributed by atoms with Crippen LogP contribution in [0.5, 0.6) is 0 Å². The number of nitrogens with zero attached hydrogens (tertiary/aromatic N) is 1. The lowest BCUT2D eigenvalue weighted by atomic mass is 10.1. The average molecular weight is 308 g/mol. The van der Waals surface area contributed by atoms with Gasteiger partial charge in [0.1, 0.15) is 0 Å². The Balaban J connectivity index is 1.55.